The molecule has 0 aliphatic carbocycles. The lowest BCUT2D eigenvalue weighted by atomic mass is 9.71. The number of thioether (sulfide) groups is 1. The van der Waals surface area contributed by atoms with Gasteiger partial charge in [-0.05, 0) is 74.5 Å². The molecule has 11 heteroatoms. The number of ether oxygens (including phenoxy) is 1. The molecular formula is C29H31F5N2O3S. The topological polar surface area (TPSA) is 62.7 Å². The molecule has 1 aliphatic rings. The number of alkyl halides is 2. The number of rotatable bonds is 12. The highest BCUT2D eigenvalue weighted by atomic mass is 32.2. The van der Waals surface area contributed by atoms with E-state index in [1.165, 1.54) is 25.1 Å². The number of pyridine rings is 1. The van der Waals surface area contributed by atoms with Gasteiger partial charge in [-0.1, -0.05) is 0 Å². The number of fused-ring (bicyclic) bond motifs is 1. The SMILES string of the molecule is COc1ccc2ncc(CF)c([C@@H](F)CCC3(CC(=O)O)CCN(CCSc4cc(F)c(F)c(F)c4)CC3)c2c1. The average molecular weight is 583 g/mol. The van der Waals surface area contributed by atoms with Crippen LogP contribution in [0.1, 0.15) is 49.4 Å². The zero-order valence-corrected chi connectivity index (χ0v) is 22.9. The van der Waals surface area contributed by atoms with Gasteiger partial charge in [-0.3, -0.25) is 9.78 Å². The van der Waals surface area contributed by atoms with E-state index in [2.05, 4.69) is 9.88 Å². The molecule has 2 aromatic carbocycles. The predicted molar refractivity (Wildman–Crippen MR) is 144 cm³/mol. The molecule has 0 amide bonds. The summed E-state index contributed by atoms with van der Waals surface area (Å²) in [5.41, 5.74) is 0.293. The second kappa shape index (κ2) is 13.2. The predicted octanol–water partition coefficient (Wildman–Crippen LogP) is 7.27. The molecule has 4 rings (SSSR count). The Bertz CT molecular complexity index is 1320. The molecule has 2 heterocycles. The van der Waals surface area contributed by atoms with Crippen LogP contribution in [0.2, 0.25) is 0 Å². The van der Waals surface area contributed by atoms with E-state index in [0.29, 0.717) is 61.3 Å². The minimum Gasteiger partial charge on any atom is -0.497 e. The Morgan fingerprint density at radius 1 is 1.18 bits per heavy atom. The fourth-order valence-corrected chi connectivity index (χ4v) is 6.37. The lowest BCUT2D eigenvalue weighted by molar-refractivity contribution is -0.141. The van der Waals surface area contributed by atoms with E-state index in [9.17, 15) is 27.5 Å². The van der Waals surface area contributed by atoms with Gasteiger partial charge in [-0.25, -0.2) is 22.0 Å². The van der Waals surface area contributed by atoms with Crippen LogP contribution in [0.3, 0.4) is 0 Å². The maximum Gasteiger partial charge on any atom is 0.303 e. The molecule has 5 nitrogen and oxygen atoms in total. The number of aliphatic carboxylic acids is 1. The zero-order valence-electron chi connectivity index (χ0n) is 22.1. The van der Waals surface area contributed by atoms with Gasteiger partial charge in [-0.15, -0.1) is 11.8 Å². The molecular weight excluding hydrogens is 551 g/mol. The fraction of sp³-hybridized carbons (Fsp3) is 0.448. The molecule has 0 saturated carbocycles. The molecule has 0 unspecified atom stereocenters. The van der Waals surface area contributed by atoms with Gasteiger partial charge in [0.15, 0.2) is 17.5 Å². The number of carbonyl (C=O) groups is 1. The lowest BCUT2D eigenvalue weighted by Crippen LogP contribution is -2.42. The second-order valence-corrected chi connectivity index (χ2v) is 11.3. The third-order valence-electron chi connectivity index (χ3n) is 7.66. The Morgan fingerprint density at radius 2 is 1.88 bits per heavy atom. The summed E-state index contributed by atoms with van der Waals surface area (Å²) in [7, 11) is 1.49. The lowest BCUT2D eigenvalue weighted by Gasteiger charge is -2.41. The highest BCUT2D eigenvalue weighted by molar-refractivity contribution is 7.99. The summed E-state index contributed by atoms with van der Waals surface area (Å²) >= 11 is 1.20. The van der Waals surface area contributed by atoms with E-state index in [1.54, 1.807) is 18.2 Å². The number of benzene rings is 2. The number of hydrogen-bond donors (Lipinski definition) is 1. The molecule has 1 aromatic heterocycles. The average Bonchev–Trinajstić information content (AvgIpc) is 2.94. The quantitative estimate of drug-likeness (QED) is 0.138. The first kappa shape index (κ1) is 30.0. The third kappa shape index (κ3) is 7.04. The van der Waals surface area contributed by atoms with Crippen LogP contribution < -0.4 is 4.74 Å². The van der Waals surface area contributed by atoms with E-state index in [4.69, 9.17) is 4.74 Å². The largest absolute Gasteiger partial charge is 0.497 e. The number of hydrogen-bond acceptors (Lipinski definition) is 5. The summed E-state index contributed by atoms with van der Waals surface area (Å²) in [6.45, 7) is 0.884. The fourth-order valence-electron chi connectivity index (χ4n) is 5.41. The van der Waals surface area contributed by atoms with E-state index in [1.807, 2.05) is 0 Å². The molecule has 1 fully saturated rings. The molecule has 1 saturated heterocycles. The van der Waals surface area contributed by atoms with Crippen LogP contribution in [0.15, 0.2) is 41.4 Å². The molecule has 1 N–H and O–H groups in total. The Balaban J connectivity index is 1.40. The standard InChI is InChI=1S/C29H31F5N2O3S/c1-39-19-2-3-25-21(12-19)27(18(16-30)17-35-25)22(31)4-5-29(15-26(37)38)6-8-36(9-7-29)10-11-40-20-13-23(32)28(34)24(33)14-20/h2-3,12-14,17,22H,4-11,15-16H2,1H3,(H,37,38)/t22-/m0/s1. The number of carboxylic acid groups (broad SMARTS) is 1. The highest BCUT2D eigenvalue weighted by Gasteiger charge is 2.37. The van der Waals surface area contributed by atoms with Gasteiger partial charge in [0.2, 0.25) is 0 Å². The number of aromatic nitrogens is 1. The molecule has 1 aliphatic heterocycles. The van der Waals surface area contributed by atoms with Gasteiger partial charge >= 0.3 is 5.97 Å². The van der Waals surface area contributed by atoms with Gasteiger partial charge in [0.25, 0.3) is 0 Å². The summed E-state index contributed by atoms with van der Waals surface area (Å²) in [6.07, 6.45) is 1.16. The van der Waals surface area contributed by atoms with E-state index >= 15 is 4.39 Å². The van der Waals surface area contributed by atoms with Crippen LogP contribution >= 0.6 is 11.8 Å². The second-order valence-electron chi connectivity index (χ2n) is 10.2. The monoisotopic (exact) mass is 582 g/mol. The van der Waals surface area contributed by atoms with Crippen molar-refractivity contribution in [1.82, 2.24) is 9.88 Å². The van der Waals surface area contributed by atoms with E-state index in [0.717, 1.165) is 12.1 Å². The third-order valence-corrected chi connectivity index (χ3v) is 8.62. The Labute approximate surface area is 233 Å². The van der Waals surface area contributed by atoms with Crippen molar-refractivity contribution in [2.75, 3.05) is 32.5 Å². The van der Waals surface area contributed by atoms with Crippen molar-refractivity contribution in [2.45, 2.75) is 49.8 Å². The van der Waals surface area contributed by atoms with Gasteiger partial charge in [0.05, 0.1) is 19.0 Å². The van der Waals surface area contributed by atoms with Crippen LogP contribution in [-0.4, -0.2) is 53.5 Å². The Kier molecular flexibility index (Phi) is 9.89. The normalized spacial score (nSPS) is 16.2. The Morgan fingerprint density at radius 3 is 2.50 bits per heavy atom. The van der Waals surface area contributed by atoms with Crippen molar-refractivity contribution in [1.29, 1.82) is 0 Å². The van der Waals surface area contributed by atoms with Crippen LogP contribution in [0.4, 0.5) is 22.0 Å². The summed E-state index contributed by atoms with van der Waals surface area (Å²) in [5.74, 6) is -3.91. The van der Waals surface area contributed by atoms with Crippen LogP contribution in [0.25, 0.3) is 10.9 Å². The number of carboxylic acids is 1. The number of likely N-dealkylation sites (tertiary alicyclic amines) is 1. The molecule has 216 valence electrons. The molecule has 0 bridgehead atoms. The highest BCUT2D eigenvalue weighted by Crippen LogP contribution is 2.43. The van der Waals surface area contributed by atoms with Crippen molar-refractivity contribution in [3.63, 3.8) is 0 Å². The van der Waals surface area contributed by atoms with Gasteiger partial charge < -0.3 is 14.7 Å². The van der Waals surface area contributed by atoms with Crippen molar-refractivity contribution < 1.29 is 36.6 Å². The van der Waals surface area contributed by atoms with Crippen molar-refractivity contribution in [3.05, 3.63) is 65.1 Å². The molecule has 40 heavy (non-hydrogen) atoms. The first-order valence-corrected chi connectivity index (χ1v) is 14.0. The summed E-state index contributed by atoms with van der Waals surface area (Å²) in [5, 5.41) is 10.1. The first-order valence-electron chi connectivity index (χ1n) is 13.0. The first-order chi connectivity index (χ1) is 19.1. The van der Waals surface area contributed by atoms with Gasteiger partial charge in [-0.2, -0.15) is 0 Å². The number of halogens is 5. The maximum atomic E-state index is 15.8. The van der Waals surface area contributed by atoms with E-state index < -0.39 is 41.7 Å². The number of piperidine rings is 1. The van der Waals surface area contributed by atoms with Crippen molar-refractivity contribution in [3.8, 4) is 5.75 Å². The zero-order chi connectivity index (χ0) is 28.9. The van der Waals surface area contributed by atoms with Crippen LogP contribution in [0, 0.1) is 22.9 Å². The van der Waals surface area contributed by atoms with Crippen LogP contribution in [-0.2, 0) is 11.5 Å². The Hall–Kier alpha value is -2.92. The summed E-state index contributed by atoms with van der Waals surface area (Å²) in [6, 6.07) is 6.95. The van der Waals surface area contributed by atoms with Gasteiger partial charge in [0.1, 0.15) is 18.6 Å². The summed E-state index contributed by atoms with van der Waals surface area (Å²) in [4.78, 5) is 18.4. The molecule has 0 radical (unpaired) electrons. The minimum absolute atomic E-state index is 0.0359. The number of nitrogens with zero attached hydrogens (tertiary/aromatic N) is 2. The molecule has 3 aromatic rings. The van der Waals surface area contributed by atoms with Gasteiger partial charge in [0, 0.05) is 39.9 Å². The molecule has 0 spiro atoms. The van der Waals surface area contributed by atoms with Crippen molar-refractivity contribution >= 4 is 28.6 Å². The smallest absolute Gasteiger partial charge is 0.303 e. The van der Waals surface area contributed by atoms with Crippen molar-refractivity contribution in [2.24, 2.45) is 5.41 Å². The maximum absolute atomic E-state index is 15.8. The van der Waals surface area contributed by atoms with Crippen LogP contribution in [0.5, 0.6) is 5.75 Å². The minimum atomic E-state index is -1.51. The molecule has 1 atom stereocenters. The summed E-state index contributed by atoms with van der Waals surface area (Å²) < 4.78 is 75.0. The number of methoxy groups -OCH3 is 1. The van der Waals surface area contributed by atoms with E-state index in [-0.39, 0.29) is 28.9 Å².